The molecule has 27 heavy (non-hydrogen) atoms. The average Bonchev–Trinajstić information content (AvgIpc) is 2.67. The van der Waals surface area contributed by atoms with Crippen LogP contribution >= 0.6 is 11.8 Å². The summed E-state index contributed by atoms with van der Waals surface area (Å²) >= 11 is 1.49. The van der Waals surface area contributed by atoms with Gasteiger partial charge in [0.15, 0.2) is 0 Å². The van der Waals surface area contributed by atoms with Crippen LogP contribution in [-0.4, -0.2) is 11.7 Å². The number of amides is 1. The van der Waals surface area contributed by atoms with Gasteiger partial charge < -0.3 is 9.73 Å². The highest BCUT2D eigenvalue weighted by Gasteiger charge is 2.11. The fourth-order valence-electron chi connectivity index (χ4n) is 2.98. The van der Waals surface area contributed by atoms with Crippen molar-refractivity contribution in [2.24, 2.45) is 0 Å². The first-order valence-electron chi connectivity index (χ1n) is 9.04. The number of thioether (sulfide) groups is 1. The van der Waals surface area contributed by atoms with Crippen molar-refractivity contribution in [3.05, 3.63) is 81.7 Å². The van der Waals surface area contributed by atoms with E-state index in [1.165, 1.54) is 17.8 Å². The highest BCUT2D eigenvalue weighted by molar-refractivity contribution is 7.99. The number of carbonyl (C=O) groups is 1. The Morgan fingerprint density at radius 1 is 1.15 bits per heavy atom. The molecule has 0 aliphatic heterocycles. The summed E-state index contributed by atoms with van der Waals surface area (Å²) in [5.74, 6) is 0.906. The zero-order valence-corrected chi connectivity index (χ0v) is 16.3. The summed E-state index contributed by atoms with van der Waals surface area (Å²) in [5, 5.41) is 3.93. The third-order valence-electron chi connectivity index (χ3n) is 4.47. The summed E-state index contributed by atoms with van der Waals surface area (Å²) in [6.45, 7) is 4.03. The van der Waals surface area contributed by atoms with Gasteiger partial charge in [0.1, 0.15) is 5.58 Å². The van der Waals surface area contributed by atoms with E-state index in [-0.39, 0.29) is 17.6 Å². The molecule has 0 aliphatic carbocycles. The Bertz CT molecular complexity index is 982. The molecule has 0 saturated heterocycles. The van der Waals surface area contributed by atoms with Gasteiger partial charge in [0.25, 0.3) is 0 Å². The van der Waals surface area contributed by atoms with Crippen molar-refractivity contribution in [1.82, 2.24) is 5.32 Å². The van der Waals surface area contributed by atoms with Gasteiger partial charge in [0.2, 0.25) is 5.91 Å². The Balaban J connectivity index is 1.62. The maximum atomic E-state index is 12.2. The fraction of sp³-hybridized carbons (Fsp3) is 0.273. The van der Waals surface area contributed by atoms with Crippen LogP contribution in [-0.2, 0) is 17.0 Å². The van der Waals surface area contributed by atoms with E-state index < -0.39 is 0 Å². The standard InChI is InChI=1S/C22H23NO3S/c1-3-16-9-10-19-18(12-22(25)26-20(19)11-16)13-27-14-21(24)23-15(2)17-7-5-4-6-8-17/h4-12,15H,3,13-14H2,1-2H3,(H,23,24)/t15-/m0/s1. The van der Waals surface area contributed by atoms with E-state index in [1.54, 1.807) is 0 Å². The van der Waals surface area contributed by atoms with Gasteiger partial charge >= 0.3 is 5.63 Å². The van der Waals surface area contributed by atoms with E-state index in [1.807, 2.05) is 55.5 Å². The van der Waals surface area contributed by atoms with Crippen LogP contribution in [0.2, 0.25) is 0 Å². The summed E-state index contributed by atoms with van der Waals surface area (Å²) in [7, 11) is 0. The molecule has 3 aromatic rings. The highest BCUT2D eigenvalue weighted by atomic mass is 32.2. The molecule has 0 spiro atoms. The molecular weight excluding hydrogens is 358 g/mol. The lowest BCUT2D eigenvalue weighted by atomic mass is 10.1. The summed E-state index contributed by atoms with van der Waals surface area (Å²) in [4.78, 5) is 24.1. The molecular formula is C22H23NO3S. The molecule has 1 atom stereocenters. The molecule has 3 rings (SSSR count). The summed E-state index contributed by atoms with van der Waals surface area (Å²) in [6.07, 6.45) is 0.887. The van der Waals surface area contributed by atoms with Crippen molar-refractivity contribution in [2.45, 2.75) is 32.1 Å². The monoisotopic (exact) mass is 381 g/mol. The van der Waals surface area contributed by atoms with Crippen LogP contribution in [0.4, 0.5) is 0 Å². The largest absolute Gasteiger partial charge is 0.423 e. The molecule has 0 aliphatic rings. The van der Waals surface area contributed by atoms with E-state index in [4.69, 9.17) is 4.42 Å². The average molecular weight is 381 g/mol. The third kappa shape index (κ3) is 5.01. The topological polar surface area (TPSA) is 59.3 Å². The zero-order valence-electron chi connectivity index (χ0n) is 15.5. The molecule has 4 nitrogen and oxygen atoms in total. The Hall–Kier alpha value is -2.53. The summed E-state index contributed by atoms with van der Waals surface area (Å²) in [6, 6.07) is 17.3. The van der Waals surface area contributed by atoms with Crippen molar-refractivity contribution in [3.63, 3.8) is 0 Å². The number of aryl methyl sites for hydroxylation is 1. The van der Waals surface area contributed by atoms with Crippen LogP contribution in [0.1, 0.15) is 36.6 Å². The molecule has 1 heterocycles. The van der Waals surface area contributed by atoms with E-state index >= 15 is 0 Å². The number of fused-ring (bicyclic) bond motifs is 1. The zero-order chi connectivity index (χ0) is 19.2. The second-order valence-corrected chi connectivity index (χ2v) is 7.45. The Kier molecular flexibility index (Phi) is 6.35. The van der Waals surface area contributed by atoms with Crippen LogP contribution < -0.4 is 10.9 Å². The maximum absolute atomic E-state index is 12.2. The summed E-state index contributed by atoms with van der Waals surface area (Å²) < 4.78 is 5.33. The summed E-state index contributed by atoms with van der Waals surface area (Å²) in [5.41, 5.74) is 3.37. The van der Waals surface area contributed by atoms with Crippen LogP contribution in [0.25, 0.3) is 11.0 Å². The maximum Gasteiger partial charge on any atom is 0.336 e. The van der Waals surface area contributed by atoms with Gasteiger partial charge in [0.05, 0.1) is 11.8 Å². The Morgan fingerprint density at radius 2 is 1.93 bits per heavy atom. The quantitative estimate of drug-likeness (QED) is 0.614. The SMILES string of the molecule is CCc1ccc2c(CSCC(=O)N[C@@H](C)c3ccccc3)cc(=O)oc2c1. The first-order valence-corrected chi connectivity index (χ1v) is 10.2. The van der Waals surface area contributed by atoms with Gasteiger partial charge in [-0.3, -0.25) is 4.79 Å². The molecule has 0 radical (unpaired) electrons. The second-order valence-electron chi connectivity index (χ2n) is 6.47. The number of carbonyl (C=O) groups excluding carboxylic acids is 1. The first kappa shape index (κ1) is 19.2. The minimum Gasteiger partial charge on any atom is -0.423 e. The van der Waals surface area contributed by atoms with E-state index in [9.17, 15) is 9.59 Å². The number of hydrogen-bond donors (Lipinski definition) is 1. The van der Waals surface area contributed by atoms with Crippen molar-refractivity contribution < 1.29 is 9.21 Å². The fourth-order valence-corrected chi connectivity index (χ4v) is 3.81. The third-order valence-corrected chi connectivity index (χ3v) is 5.45. The predicted octanol–water partition coefficient (Wildman–Crippen LogP) is 4.47. The lowest BCUT2D eigenvalue weighted by molar-refractivity contribution is -0.119. The smallest absolute Gasteiger partial charge is 0.336 e. The molecule has 1 amide bonds. The molecule has 2 aromatic carbocycles. The minimum absolute atomic E-state index is 0.0168. The van der Waals surface area contributed by atoms with Crippen LogP contribution in [0.3, 0.4) is 0 Å². The Morgan fingerprint density at radius 3 is 2.67 bits per heavy atom. The number of hydrogen-bond acceptors (Lipinski definition) is 4. The van der Waals surface area contributed by atoms with Crippen molar-refractivity contribution in [3.8, 4) is 0 Å². The molecule has 5 heteroatoms. The van der Waals surface area contributed by atoms with E-state index in [0.717, 1.165) is 28.5 Å². The Labute approximate surface area is 163 Å². The van der Waals surface area contributed by atoms with E-state index in [0.29, 0.717) is 17.1 Å². The molecule has 0 saturated carbocycles. The number of nitrogens with one attached hydrogen (secondary N) is 1. The van der Waals surface area contributed by atoms with E-state index in [2.05, 4.69) is 12.2 Å². The minimum atomic E-state index is -0.353. The van der Waals surface area contributed by atoms with Crippen LogP contribution in [0.5, 0.6) is 0 Å². The first-order chi connectivity index (χ1) is 13.1. The molecule has 1 N–H and O–H groups in total. The van der Waals surface area contributed by atoms with Gasteiger partial charge in [-0.05, 0) is 36.1 Å². The lowest BCUT2D eigenvalue weighted by Gasteiger charge is -2.14. The molecule has 0 bridgehead atoms. The number of rotatable bonds is 7. The molecule has 1 aromatic heterocycles. The normalized spacial score (nSPS) is 12.1. The molecule has 0 unspecified atom stereocenters. The van der Waals surface area contributed by atoms with Gasteiger partial charge in [0, 0.05) is 17.2 Å². The highest BCUT2D eigenvalue weighted by Crippen LogP contribution is 2.23. The van der Waals surface area contributed by atoms with Gasteiger partial charge in [-0.25, -0.2) is 4.79 Å². The molecule has 0 fully saturated rings. The predicted molar refractivity (Wildman–Crippen MR) is 111 cm³/mol. The van der Waals surface area contributed by atoms with Crippen LogP contribution in [0, 0.1) is 0 Å². The lowest BCUT2D eigenvalue weighted by Crippen LogP contribution is -2.28. The van der Waals surface area contributed by atoms with Gasteiger partial charge in [-0.2, -0.15) is 0 Å². The van der Waals surface area contributed by atoms with Crippen molar-refractivity contribution in [2.75, 3.05) is 5.75 Å². The number of benzene rings is 2. The van der Waals surface area contributed by atoms with Crippen molar-refractivity contribution in [1.29, 1.82) is 0 Å². The van der Waals surface area contributed by atoms with Gasteiger partial charge in [-0.15, -0.1) is 11.8 Å². The van der Waals surface area contributed by atoms with Crippen molar-refractivity contribution >= 4 is 28.6 Å². The van der Waals surface area contributed by atoms with Crippen LogP contribution in [0.15, 0.2) is 63.8 Å². The second kappa shape index (κ2) is 8.91. The van der Waals surface area contributed by atoms with Gasteiger partial charge in [-0.1, -0.05) is 49.4 Å². The molecule has 140 valence electrons.